The Bertz CT molecular complexity index is 732. The highest BCUT2D eigenvalue weighted by molar-refractivity contribution is 5.98. The minimum Gasteiger partial charge on any atom is -0.461 e. The van der Waals surface area contributed by atoms with Gasteiger partial charge in [-0.3, -0.25) is 0 Å². The monoisotopic (exact) mass is 256 g/mol. The van der Waals surface area contributed by atoms with Crippen LogP contribution in [0.5, 0.6) is 0 Å². The van der Waals surface area contributed by atoms with Crippen LogP contribution in [-0.4, -0.2) is 10.7 Å². The summed E-state index contributed by atoms with van der Waals surface area (Å²) < 4.78 is 11.6. The molecular weight excluding hydrogens is 240 g/mol. The molecule has 2 heterocycles. The van der Waals surface area contributed by atoms with Crippen molar-refractivity contribution in [2.45, 2.75) is 38.7 Å². The molecule has 0 aliphatic heterocycles. The van der Waals surface area contributed by atoms with Gasteiger partial charge in [-0.2, -0.15) is 0 Å². The first-order valence-corrected chi connectivity index (χ1v) is 6.69. The van der Waals surface area contributed by atoms with E-state index in [9.17, 15) is 5.11 Å². The fraction of sp³-hybridized carbons (Fsp3) is 0.375. The number of hydrogen-bond acceptors (Lipinski definition) is 3. The van der Waals surface area contributed by atoms with Crippen LogP contribution in [0.2, 0.25) is 0 Å². The molecular formula is C16H16O3. The van der Waals surface area contributed by atoms with E-state index in [1.54, 1.807) is 0 Å². The van der Waals surface area contributed by atoms with E-state index in [1.165, 1.54) is 0 Å². The van der Waals surface area contributed by atoms with Crippen LogP contribution >= 0.6 is 0 Å². The van der Waals surface area contributed by atoms with Crippen molar-refractivity contribution in [3.05, 3.63) is 35.3 Å². The molecule has 19 heavy (non-hydrogen) atoms. The molecule has 1 saturated carbocycles. The van der Waals surface area contributed by atoms with E-state index in [0.717, 1.165) is 51.9 Å². The van der Waals surface area contributed by atoms with Gasteiger partial charge in [-0.05, 0) is 44.9 Å². The van der Waals surface area contributed by atoms with Crippen molar-refractivity contribution >= 4 is 21.9 Å². The van der Waals surface area contributed by atoms with Gasteiger partial charge in [-0.1, -0.05) is 0 Å². The molecule has 98 valence electrons. The smallest absolute Gasteiger partial charge is 0.138 e. The molecule has 1 aliphatic rings. The lowest BCUT2D eigenvalue weighted by Crippen LogP contribution is -2.11. The Morgan fingerprint density at radius 2 is 1.84 bits per heavy atom. The molecule has 0 unspecified atom stereocenters. The predicted molar refractivity (Wildman–Crippen MR) is 73.3 cm³/mol. The van der Waals surface area contributed by atoms with Crippen LogP contribution in [0.1, 0.15) is 29.9 Å². The van der Waals surface area contributed by atoms with Crippen molar-refractivity contribution < 1.29 is 13.9 Å². The Labute approximate surface area is 110 Å². The predicted octanol–water partition coefficient (Wildman–Crippen LogP) is 3.86. The van der Waals surface area contributed by atoms with Gasteiger partial charge in [-0.15, -0.1) is 0 Å². The molecule has 1 aliphatic carbocycles. The number of aryl methyl sites for hydroxylation is 2. The summed E-state index contributed by atoms with van der Waals surface area (Å²) in [7, 11) is 0. The molecule has 1 aromatic carbocycles. The van der Waals surface area contributed by atoms with Crippen molar-refractivity contribution in [3.8, 4) is 0 Å². The standard InChI is InChI=1S/C16H16O3/c1-9-5-11-7-14-12(6-10(2)18-14)13(15(11)19-9)8-16(17)3-4-16/h5-7,17H,3-4,8H2,1-2H3. The zero-order valence-corrected chi connectivity index (χ0v) is 11.1. The quantitative estimate of drug-likeness (QED) is 0.757. The first-order chi connectivity index (χ1) is 9.04. The minimum absolute atomic E-state index is 0.535. The van der Waals surface area contributed by atoms with Gasteiger partial charge in [0.15, 0.2) is 0 Å². The summed E-state index contributed by atoms with van der Waals surface area (Å²) in [6.07, 6.45) is 2.40. The average molecular weight is 256 g/mol. The number of aliphatic hydroxyl groups is 1. The number of rotatable bonds is 2. The molecule has 0 bridgehead atoms. The van der Waals surface area contributed by atoms with Crippen molar-refractivity contribution in [2.75, 3.05) is 0 Å². The highest BCUT2D eigenvalue weighted by Gasteiger charge is 2.41. The molecule has 3 nitrogen and oxygen atoms in total. The normalized spacial score (nSPS) is 17.4. The highest BCUT2D eigenvalue weighted by Crippen LogP contribution is 2.42. The summed E-state index contributed by atoms with van der Waals surface area (Å²) in [6, 6.07) is 6.08. The third-order valence-corrected chi connectivity index (χ3v) is 3.99. The Morgan fingerprint density at radius 1 is 1.11 bits per heavy atom. The van der Waals surface area contributed by atoms with Crippen LogP contribution < -0.4 is 0 Å². The van der Waals surface area contributed by atoms with Crippen LogP contribution in [0.3, 0.4) is 0 Å². The van der Waals surface area contributed by atoms with Crippen molar-refractivity contribution in [1.29, 1.82) is 0 Å². The van der Waals surface area contributed by atoms with Gasteiger partial charge in [0, 0.05) is 22.8 Å². The summed E-state index contributed by atoms with van der Waals surface area (Å²) in [5.74, 6) is 1.78. The van der Waals surface area contributed by atoms with E-state index < -0.39 is 5.60 Å². The van der Waals surface area contributed by atoms with E-state index >= 15 is 0 Å². The molecule has 2 aromatic heterocycles. The second kappa shape index (κ2) is 3.42. The molecule has 4 rings (SSSR count). The van der Waals surface area contributed by atoms with Crippen molar-refractivity contribution in [2.24, 2.45) is 0 Å². The second-order valence-corrected chi connectivity index (χ2v) is 5.80. The first kappa shape index (κ1) is 11.1. The van der Waals surface area contributed by atoms with Gasteiger partial charge in [0.05, 0.1) is 5.60 Å². The molecule has 0 atom stereocenters. The van der Waals surface area contributed by atoms with E-state index in [0.29, 0.717) is 6.42 Å². The maximum atomic E-state index is 10.2. The van der Waals surface area contributed by atoms with Crippen LogP contribution in [0, 0.1) is 13.8 Å². The van der Waals surface area contributed by atoms with Gasteiger partial charge in [0.1, 0.15) is 22.7 Å². The summed E-state index contributed by atoms with van der Waals surface area (Å²) in [5, 5.41) is 12.4. The van der Waals surface area contributed by atoms with Crippen LogP contribution in [-0.2, 0) is 6.42 Å². The lowest BCUT2D eigenvalue weighted by Gasteiger charge is -2.09. The third kappa shape index (κ3) is 1.69. The van der Waals surface area contributed by atoms with Crippen LogP contribution in [0.25, 0.3) is 21.9 Å². The molecule has 0 radical (unpaired) electrons. The van der Waals surface area contributed by atoms with E-state index in [4.69, 9.17) is 8.83 Å². The average Bonchev–Trinajstić information content (AvgIpc) is 2.77. The Hall–Kier alpha value is -1.74. The zero-order valence-electron chi connectivity index (χ0n) is 11.1. The molecule has 1 N–H and O–H groups in total. The Morgan fingerprint density at radius 3 is 2.58 bits per heavy atom. The highest BCUT2D eigenvalue weighted by atomic mass is 16.3. The molecule has 0 amide bonds. The molecule has 3 heteroatoms. The SMILES string of the molecule is Cc1cc2c(CC3(O)CC3)c3oc(C)cc3cc2o1. The van der Waals surface area contributed by atoms with Gasteiger partial charge in [0.25, 0.3) is 0 Å². The maximum Gasteiger partial charge on any atom is 0.138 e. The lowest BCUT2D eigenvalue weighted by molar-refractivity contribution is 0.151. The van der Waals surface area contributed by atoms with E-state index in [1.807, 2.05) is 32.0 Å². The van der Waals surface area contributed by atoms with E-state index in [2.05, 4.69) is 0 Å². The van der Waals surface area contributed by atoms with Crippen LogP contribution in [0.4, 0.5) is 0 Å². The Balaban J connectivity index is 2.05. The third-order valence-electron chi connectivity index (χ3n) is 3.99. The zero-order chi connectivity index (χ0) is 13.2. The van der Waals surface area contributed by atoms with Gasteiger partial charge in [-0.25, -0.2) is 0 Å². The molecule has 0 saturated heterocycles. The number of benzene rings is 1. The number of fused-ring (bicyclic) bond motifs is 2. The van der Waals surface area contributed by atoms with Gasteiger partial charge >= 0.3 is 0 Å². The molecule has 0 spiro atoms. The number of furan rings is 2. The number of hydrogen-bond donors (Lipinski definition) is 1. The van der Waals surface area contributed by atoms with Crippen LogP contribution in [0.15, 0.2) is 27.0 Å². The summed E-state index contributed by atoms with van der Waals surface area (Å²) in [5.41, 5.74) is 2.32. The fourth-order valence-corrected chi connectivity index (χ4v) is 2.84. The molecule has 3 aromatic rings. The lowest BCUT2D eigenvalue weighted by atomic mass is 10.00. The fourth-order valence-electron chi connectivity index (χ4n) is 2.84. The summed E-state index contributed by atoms with van der Waals surface area (Å²) in [6.45, 7) is 3.89. The minimum atomic E-state index is -0.535. The second-order valence-electron chi connectivity index (χ2n) is 5.80. The van der Waals surface area contributed by atoms with E-state index in [-0.39, 0.29) is 0 Å². The topological polar surface area (TPSA) is 46.5 Å². The molecule has 1 fully saturated rings. The van der Waals surface area contributed by atoms with Crippen molar-refractivity contribution in [3.63, 3.8) is 0 Å². The summed E-state index contributed by atoms with van der Waals surface area (Å²) >= 11 is 0. The largest absolute Gasteiger partial charge is 0.461 e. The maximum absolute atomic E-state index is 10.2. The van der Waals surface area contributed by atoms with Gasteiger partial charge in [0.2, 0.25) is 0 Å². The van der Waals surface area contributed by atoms with Gasteiger partial charge < -0.3 is 13.9 Å². The first-order valence-electron chi connectivity index (χ1n) is 6.69. The van der Waals surface area contributed by atoms with Crippen molar-refractivity contribution in [1.82, 2.24) is 0 Å². The Kier molecular flexibility index (Phi) is 2.00. The summed E-state index contributed by atoms with van der Waals surface area (Å²) in [4.78, 5) is 0.